The van der Waals surface area contributed by atoms with Crippen molar-refractivity contribution in [3.05, 3.63) is 28.0 Å². The Hall–Kier alpha value is -1.31. The molecule has 0 amide bonds. The summed E-state index contributed by atoms with van der Waals surface area (Å²) in [5.74, 6) is -3.65. The summed E-state index contributed by atoms with van der Waals surface area (Å²) in [6.07, 6.45) is -5.02. The van der Waals surface area contributed by atoms with E-state index >= 15 is 0 Å². The predicted octanol–water partition coefficient (Wildman–Crippen LogP) is 3.19. The number of aromatic carboxylic acids is 1. The van der Waals surface area contributed by atoms with E-state index in [1.165, 1.54) is 0 Å². The second kappa shape index (κ2) is 4.28. The van der Waals surface area contributed by atoms with Gasteiger partial charge in [0, 0.05) is 0 Å². The van der Waals surface area contributed by atoms with E-state index < -0.39 is 33.9 Å². The SMILES string of the molecule is O=C(O)c1cc(F)c(Br)c(OC(F)(F)F)c1. The largest absolute Gasteiger partial charge is 0.573 e. The van der Waals surface area contributed by atoms with Gasteiger partial charge in [0.25, 0.3) is 0 Å². The van der Waals surface area contributed by atoms with E-state index in [9.17, 15) is 22.4 Å². The van der Waals surface area contributed by atoms with Crippen LogP contribution in [0.1, 0.15) is 10.4 Å². The maximum atomic E-state index is 13.0. The Morgan fingerprint density at radius 1 is 1.38 bits per heavy atom. The van der Waals surface area contributed by atoms with Crippen LogP contribution >= 0.6 is 15.9 Å². The van der Waals surface area contributed by atoms with Gasteiger partial charge in [0.1, 0.15) is 11.6 Å². The lowest BCUT2D eigenvalue weighted by Crippen LogP contribution is -2.18. The van der Waals surface area contributed by atoms with Gasteiger partial charge < -0.3 is 9.84 Å². The van der Waals surface area contributed by atoms with Gasteiger partial charge in [-0.3, -0.25) is 0 Å². The van der Waals surface area contributed by atoms with Crippen molar-refractivity contribution in [3.63, 3.8) is 0 Å². The van der Waals surface area contributed by atoms with Crippen molar-refractivity contribution in [2.24, 2.45) is 0 Å². The van der Waals surface area contributed by atoms with Gasteiger partial charge in [-0.05, 0) is 28.1 Å². The second-order valence-corrected chi connectivity index (χ2v) is 3.42. The van der Waals surface area contributed by atoms with Crippen molar-refractivity contribution in [2.75, 3.05) is 0 Å². The molecule has 0 aliphatic rings. The summed E-state index contributed by atoms with van der Waals surface area (Å²) in [5, 5.41) is 8.50. The molecule has 0 aliphatic heterocycles. The molecule has 3 nitrogen and oxygen atoms in total. The molecule has 1 rings (SSSR count). The molecule has 0 radical (unpaired) electrons. The number of benzene rings is 1. The first-order valence-electron chi connectivity index (χ1n) is 3.69. The number of alkyl halides is 3. The van der Waals surface area contributed by atoms with Gasteiger partial charge in [0.05, 0.1) is 10.0 Å². The molecule has 0 saturated heterocycles. The average molecular weight is 303 g/mol. The summed E-state index contributed by atoms with van der Waals surface area (Å²) in [6, 6.07) is 1.15. The van der Waals surface area contributed by atoms with Crippen molar-refractivity contribution in [1.29, 1.82) is 0 Å². The lowest BCUT2D eigenvalue weighted by molar-refractivity contribution is -0.275. The molecule has 0 atom stereocenters. The molecule has 0 aromatic heterocycles. The number of ether oxygens (including phenoxy) is 1. The van der Waals surface area contributed by atoms with Gasteiger partial charge in [-0.25, -0.2) is 9.18 Å². The fraction of sp³-hybridized carbons (Fsp3) is 0.125. The molecule has 1 aromatic carbocycles. The Bertz CT molecular complexity index is 430. The first-order valence-corrected chi connectivity index (χ1v) is 4.48. The zero-order valence-corrected chi connectivity index (χ0v) is 8.89. The number of halogens is 5. The third kappa shape index (κ3) is 3.09. The molecule has 0 unspecified atom stereocenters. The van der Waals surface area contributed by atoms with E-state index in [1.54, 1.807) is 0 Å². The molecule has 0 fully saturated rings. The Balaban J connectivity index is 3.22. The van der Waals surface area contributed by atoms with Crippen molar-refractivity contribution in [2.45, 2.75) is 6.36 Å². The van der Waals surface area contributed by atoms with Crippen LogP contribution in [0.25, 0.3) is 0 Å². The van der Waals surface area contributed by atoms with E-state index in [1.807, 2.05) is 0 Å². The van der Waals surface area contributed by atoms with Gasteiger partial charge >= 0.3 is 12.3 Å². The maximum Gasteiger partial charge on any atom is 0.573 e. The number of carboxylic acid groups (broad SMARTS) is 1. The normalized spacial score (nSPS) is 11.3. The first kappa shape index (κ1) is 12.8. The van der Waals surface area contributed by atoms with Crippen LogP contribution in [-0.2, 0) is 0 Å². The van der Waals surface area contributed by atoms with Gasteiger partial charge in [-0.1, -0.05) is 0 Å². The number of carboxylic acids is 1. The molecule has 1 N–H and O–H groups in total. The summed E-state index contributed by atoms with van der Waals surface area (Å²) in [4.78, 5) is 10.5. The molecule has 0 spiro atoms. The van der Waals surface area contributed by atoms with Crippen LogP contribution in [0.2, 0.25) is 0 Å². The van der Waals surface area contributed by atoms with Gasteiger partial charge in [0.15, 0.2) is 0 Å². The van der Waals surface area contributed by atoms with Crippen molar-refractivity contribution in [1.82, 2.24) is 0 Å². The van der Waals surface area contributed by atoms with Crippen LogP contribution in [0.4, 0.5) is 17.6 Å². The molecular formula is C8H3BrF4O3. The van der Waals surface area contributed by atoms with E-state index in [4.69, 9.17) is 5.11 Å². The highest BCUT2D eigenvalue weighted by molar-refractivity contribution is 9.10. The average Bonchev–Trinajstić information content (AvgIpc) is 2.10. The van der Waals surface area contributed by atoms with Crippen molar-refractivity contribution < 1.29 is 32.2 Å². The summed E-state index contributed by atoms with van der Waals surface area (Å²) in [7, 11) is 0. The number of hydrogen-bond acceptors (Lipinski definition) is 2. The van der Waals surface area contributed by atoms with Crippen molar-refractivity contribution in [3.8, 4) is 5.75 Å². The predicted molar refractivity (Wildman–Crippen MR) is 47.7 cm³/mol. The van der Waals surface area contributed by atoms with Crippen LogP contribution in [0.5, 0.6) is 5.75 Å². The number of hydrogen-bond donors (Lipinski definition) is 1. The summed E-state index contributed by atoms with van der Waals surface area (Å²) < 4.78 is 51.5. The maximum absolute atomic E-state index is 13.0. The molecule has 0 aliphatic carbocycles. The highest BCUT2D eigenvalue weighted by Gasteiger charge is 2.33. The quantitative estimate of drug-likeness (QED) is 0.854. The topological polar surface area (TPSA) is 46.5 Å². The van der Waals surface area contributed by atoms with Gasteiger partial charge in [-0.2, -0.15) is 0 Å². The molecule has 1 aromatic rings. The van der Waals surface area contributed by atoms with Crippen LogP contribution in [0, 0.1) is 5.82 Å². The van der Waals surface area contributed by atoms with E-state index in [0.717, 1.165) is 0 Å². The summed E-state index contributed by atoms with van der Waals surface area (Å²) in [6.45, 7) is 0. The van der Waals surface area contributed by atoms with Gasteiger partial charge in [0.2, 0.25) is 0 Å². The Kier molecular flexibility index (Phi) is 3.41. The molecule has 16 heavy (non-hydrogen) atoms. The molecule has 0 bridgehead atoms. The smallest absolute Gasteiger partial charge is 0.478 e. The molecule has 88 valence electrons. The Morgan fingerprint density at radius 2 is 1.94 bits per heavy atom. The minimum atomic E-state index is -5.02. The van der Waals surface area contributed by atoms with E-state index in [-0.39, 0.29) is 0 Å². The minimum Gasteiger partial charge on any atom is -0.478 e. The standard InChI is InChI=1S/C8H3BrF4O3/c9-6-4(10)1-3(7(14)15)2-5(6)16-8(11,12)13/h1-2H,(H,14,15). The fourth-order valence-corrected chi connectivity index (χ4v) is 1.20. The highest BCUT2D eigenvalue weighted by Crippen LogP contribution is 2.33. The number of rotatable bonds is 2. The Morgan fingerprint density at radius 3 is 2.38 bits per heavy atom. The van der Waals surface area contributed by atoms with Crippen molar-refractivity contribution >= 4 is 21.9 Å². The third-order valence-electron chi connectivity index (χ3n) is 1.47. The summed E-state index contributed by atoms with van der Waals surface area (Å²) >= 11 is 2.52. The van der Waals surface area contributed by atoms with E-state index in [2.05, 4.69) is 20.7 Å². The molecule has 8 heteroatoms. The highest BCUT2D eigenvalue weighted by atomic mass is 79.9. The molecule has 0 heterocycles. The number of carbonyl (C=O) groups is 1. The third-order valence-corrected chi connectivity index (χ3v) is 2.24. The minimum absolute atomic E-state index is 0.572. The van der Waals surface area contributed by atoms with Crippen LogP contribution < -0.4 is 4.74 Å². The van der Waals surface area contributed by atoms with Crippen LogP contribution in [0.15, 0.2) is 16.6 Å². The van der Waals surface area contributed by atoms with Gasteiger partial charge in [-0.15, -0.1) is 13.2 Å². The van der Waals surface area contributed by atoms with E-state index in [0.29, 0.717) is 12.1 Å². The molecular weight excluding hydrogens is 300 g/mol. The monoisotopic (exact) mass is 302 g/mol. The van der Waals surface area contributed by atoms with Crippen LogP contribution in [0.3, 0.4) is 0 Å². The molecule has 0 saturated carbocycles. The van der Waals surface area contributed by atoms with Crippen LogP contribution in [-0.4, -0.2) is 17.4 Å². The fourth-order valence-electron chi connectivity index (χ4n) is 0.886. The zero-order chi connectivity index (χ0) is 12.5. The Labute approximate surface area is 94.8 Å². The lowest BCUT2D eigenvalue weighted by atomic mass is 10.2. The summed E-state index contributed by atoms with van der Waals surface area (Å²) in [5.41, 5.74) is -0.639. The zero-order valence-electron chi connectivity index (χ0n) is 7.31. The lowest BCUT2D eigenvalue weighted by Gasteiger charge is -2.11. The second-order valence-electron chi connectivity index (χ2n) is 2.62. The first-order chi connectivity index (χ1) is 7.20.